The van der Waals surface area contributed by atoms with E-state index in [2.05, 4.69) is 83.8 Å². The fraction of sp³-hybridized carbons (Fsp3) is 0.458. The van der Waals surface area contributed by atoms with Gasteiger partial charge in [-0.1, -0.05) is 78.6 Å². The molecule has 0 heterocycles. The van der Waals surface area contributed by atoms with Gasteiger partial charge in [0.15, 0.2) is 0 Å². The standard InChI is InChI=1S/C24H34NOP/c1-9-24(7,27-21-11-10-16(2)12-18(21)15-25-8)20-14-17(3)13-19(22(20)26)23(4,5)6/h10-15,26-27H,9H2,1-8H3/b25-15+. The summed E-state index contributed by atoms with van der Waals surface area (Å²) in [5, 5.41) is 12.4. The van der Waals surface area contributed by atoms with Crippen molar-refractivity contribution in [1.29, 1.82) is 0 Å². The molecule has 2 unspecified atom stereocenters. The van der Waals surface area contributed by atoms with Crippen molar-refractivity contribution < 1.29 is 5.11 Å². The van der Waals surface area contributed by atoms with Crippen molar-refractivity contribution in [3.8, 4) is 5.75 Å². The molecule has 0 aliphatic carbocycles. The summed E-state index contributed by atoms with van der Waals surface area (Å²) in [4.78, 5) is 4.24. The molecule has 0 saturated carbocycles. The molecule has 0 aliphatic heterocycles. The van der Waals surface area contributed by atoms with E-state index in [0.29, 0.717) is 14.3 Å². The molecule has 1 N–H and O–H groups in total. The van der Waals surface area contributed by atoms with Crippen LogP contribution in [0.5, 0.6) is 5.75 Å². The molecule has 0 saturated heterocycles. The Kier molecular flexibility index (Phi) is 6.53. The molecule has 0 bridgehead atoms. The summed E-state index contributed by atoms with van der Waals surface area (Å²) in [6.45, 7) is 15.2. The van der Waals surface area contributed by atoms with Crippen LogP contribution in [0, 0.1) is 13.8 Å². The molecular formula is C24H34NOP. The van der Waals surface area contributed by atoms with Crippen molar-refractivity contribution in [2.75, 3.05) is 7.05 Å². The number of nitrogens with zero attached hydrogens (tertiary/aromatic N) is 1. The third kappa shape index (κ3) is 4.79. The summed E-state index contributed by atoms with van der Waals surface area (Å²) >= 11 is 0. The van der Waals surface area contributed by atoms with E-state index in [4.69, 9.17) is 0 Å². The quantitative estimate of drug-likeness (QED) is 0.500. The summed E-state index contributed by atoms with van der Waals surface area (Å²) in [6.07, 6.45) is 2.91. The highest BCUT2D eigenvalue weighted by Crippen LogP contribution is 2.49. The van der Waals surface area contributed by atoms with E-state index in [-0.39, 0.29) is 10.6 Å². The Morgan fingerprint density at radius 2 is 1.63 bits per heavy atom. The van der Waals surface area contributed by atoms with Gasteiger partial charge in [-0.25, -0.2) is 0 Å². The Bertz CT molecular complexity index is 848. The van der Waals surface area contributed by atoms with E-state index in [1.54, 1.807) is 0 Å². The van der Waals surface area contributed by atoms with E-state index in [0.717, 1.165) is 17.5 Å². The number of aryl methyl sites for hydroxylation is 2. The van der Waals surface area contributed by atoms with Gasteiger partial charge < -0.3 is 5.11 Å². The number of phenolic OH excluding ortho intramolecular Hbond substituents is 1. The number of phenols is 1. The molecule has 2 rings (SSSR count). The van der Waals surface area contributed by atoms with Gasteiger partial charge in [-0.05, 0) is 48.2 Å². The van der Waals surface area contributed by atoms with Gasteiger partial charge >= 0.3 is 0 Å². The second-order valence-electron chi connectivity index (χ2n) is 8.75. The predicted octanol–water partition coefficient (Wildman–Crippen LogP) is 5.98. The minimum atomic E-state index is -0.123. The largest absolute Gasteiger partial charge is 0.507 e. The summed E-state index contributed by atoms with van der Waals surface area (Å²) in [7, 11) is 2.37. The lowest BCUT2D eigenvalue weighted by atomic mass is 9.82. The third-order valence-electron chi connectivity index (χ3n) is 5.25. The first kappa shape index (κ1) is 21.6. The van der Waals surface area contributed by atoms with Gasteiger partial charge in [0.25, 0.3) is 0 Å². The van der Waals surface area contributed by atoms with Gasteiger partial charge in [0.2, 0.25) is 0 Å². The Labute approximate surface area is 166 Å². The molecule has 2 aromatic rings. The van der Waals surface area contributed by atoms with Gasteiger partial charge in [-0.15, -0.1) is 0 Å². The normalized spacial score (nSPS) is 15.0. The van der Waals surface area contributed by atoms with Crippen LogP contribution in [0.25, 0.3) is 0 Å². The lowest BCUT2D eigenvalue weighted by Crippen LogP contribution is -2.22. The summed E-state index contributed by atoms with van der Waals surface area (Å²) in [5.74, 6) is 0.461. The van der Waals surface area contributed by atoms with Crippen LogP contribution in [0.3, 0.4) is 0 Å². The van der Waals surface area contributed by atoms with E-state index in [1.807, 2.05) is 13.3 Å². The first-order valence-corrected chi connectivity index (χ1v) is 10.7. The predicted molar refractivity (Wildman–Crippen MR) is 122 cm³/mol. The first-order chi connectivity index (χ1) is 12.5. The molecule has 146 valence electrons. The van der Waals surface area contributed by atoms with Crippen LogP contribution in [0.4, 0.5) is 0 Å². The van der Waals surface area contributed by atoms with E-state index in [1.165, 1.54) is 22.0 Å². The molecule has 2 aromatic carbocycles. The van der Waals surface area contributed by atoms with Crippen LogP contribution < -0.4 is 5.30 Å². The molecule has 3 heteroatoms. The molecule has 0 spiro atoms. The second kappa shape index (κ2) is 8.15. The molecular weight excluding hydrogens is 349 g/mol. The van der Waals surface area contributed by atoms with Crippen molar-refractivity contribution >= 4 is 20.1 Å². The average molecular weight is 384 g/mol. The van der Waals surface area contributed by atoms with Crippen molar-refractivity contribution in [2.45, 2.75) is 65.5 Å². The molecule has 0 fully saturated rings. The van der Waals surface area contributed by atoms with Crippen LogP contribution in [0.1, 0.15) is 68.9 Å². The molecule has 0 aliphatic rings. The summed E-state index contributed by atoms with van der Waals surface area (Å²) in [5.41, 5.74) is 5.63. The van der Waals surface area contributed by atoms with Crippen LogP contribution in [0.2, 0.25) is 0 Å². The highest BCUT2D eigenvalue weighted by atomic mass is 31.1. The highest BCUT2D eigenvalue weighted by molar-refractivity contribution is 7.48. The first-order valence-electron chi connectivity index (χ1n) is 9.67. The van der Waals surface area contributed by atoms with Crippen LogP contribution in [0.15, 0.2) is 35.3 Å². The SMILES string of the molecule is CCC(C)(Pc1ccc(C)cc1/C=N/C)c1cc(C)cc(C(C)(C)C)c1O. The number of aromatic hydroxyl groups is 1. The monoisotopic (exact) mass is 383 g/mol. The third-order valence-corrected chi connectivity index (χ3v) is 7.15. The Hall–Kier alpha value is -1.66. The van der Waals surface area contributed by atoms with Gasteiger partial charge in [-0.2, -0.15) is 0 Å². The molecule has 0 radical (unpaired) electrons. The maximum Gasteiger partial charge on any atom is 0.123 e. The number of aliphatic imine (C=N–C) groups is 1. The molecule has 2 atom stereocenters. The number of hydrogen-bond donors (Lipinski definition) is 1. The number of hydrogen-bond acceptors (Lipinski definition) is 2. The fourth-order valence-electron chi connectivity index (χ4n) is 3.46. The van der Waals surface area contributed by atoms with Crippen LogP contribution in [-0.4, -0.2) is 18.4 Å². The highest BCUT2D eigenvalue weighted by Gasteiger charge is 2.32. The number of rotatable bonds is 5. The molecule has 0 aromatic heterocycles. The minimum Gasteiger partial charge on any atom is -0.507 e. The minimum absolute atomic E-state index is 0.0908. The molecule has 0 amide bonds. The Morgan fingerprint density at radius 1 is 1.00 bits per heavy atom. The smallest absolute Gasteiger partial charge is 0.123 e. The maximum atomic E-state index is 11.2. The van der Waals surface area contributed by atoms with E-state index in [9.17, 15) is 5.11 Å². The van der Waals surface area contributed by atoms with Crippen molar-refractivity contribution in [2.24, 2.45) is 4.99 Å². The Morgan fingerprint density at radius 3 is 2.19 bits per heavy atom. The van der Waals surface area contributed by atoms with Gasteiger partial charge in [0, 0.05) is 24.0 Å². The van der Waals surface area contributed by atoms with Crippen molar-refractivity contribution in [1.82, 2.24) is 0 Å². The molecule has 27 heavy (non-hydrogen) atoms. The summed E-state index contributed by atoms with van der Waals surface area (Å²) in [6, 6.07) is 10.9. The lowest BCUT2D eigenvalue weighted by Gasteiger charge is -2.33. The van der Waals surface area contributed by atoms with E-state index >= 15 is 0 Å². The molecule has 2 nitrogen and oxygen atoms in total. The number of benzene rings is 2. The Balaban J connectivity index is 2.61. The second-order valence-corrected chi connectivity index (χ2v) is 10.6. The van der Waals surface area contributed by atoms with Crippen molar-refractivity contribution in [3.05, 3.63) is 58.1 Å². The van der Waals surface area contributed by atoms with E-state index < -0.39 is 0 Å². The van der Waals surface area contributed by atoms with Gasteiger partial charge in [0.05, 0.1) is 0 Å². The van der Waals surface area contributed by atoms with Crippen LogP contribution in [-0.2, 0) is 10.6 Å². The zero-order valence-corrected chi connectivity index (χ0v) is 19.1. The van der Waals surface area contributed by atoms with Gasteiger partial charge in [-0.3, -0.25) is 4.99 Å². The zero-order chi connectivity index (χ0) is 20.4. The fourth-order valence-corrected chi connectivity index (χ4v) is 5.00. The van der Waals surface area contributed by atoms with Crippen molar-refractivity contribution in [3.63, 3.8) is 0 Å². The zero-order valence-electron chi connectivity index (χ0n) is 18.1. The lowest BCUT2D eigenvalue weighted by molar-refractivity contribution is 0.430. The van der Waals surface area contributed by atoms with Gasteiger partial charge in [0.1, 0.15) is 5.75 Å². The topological polar surface area (TPSA) is 32.6 Å². The van der Waals surface area contributed by atoms with Crippen LogP contribution >= 0.6 is 8.58 Å². The summed E-state index contributed by atoms with van der Waals surface area (Å²) < 4.78 is 0. The maximum absolute atomic E-state index is 11.2. The average Bonchev–Trinajstić information content (AvgIpc) is 2.58.